The van der Waals surface area contributed by atoms with Crippen LogP contribution in [0.25, 0.3) is 0 Å². The highest BCUT2D eigenvalue weighted by atomic mass is 35.5. The van der Waals surface area contributed by atoms with Gasteiger partial charge in [-0.1, -0.05) is 6.92 Å². The standard InChI is InChI=1S/C10H15N3OS2.2ClH/c1-2-7-3-11-9(16-7)4-12-10(14)8-5-15-6-13-8;;/h3,8,13H,2,4-6H2,1H3,(H,12,14);2*1H. The van der Waals surface area contributed by atoms with Crippen LogP contribution in [0.15, 0.2) is 6.20 Å². The van der Waals surface area contributed by atoms with E-state index in [4.69, 9.17) is 0 Å². The van der Waals surface area contributed by atoms with Crippen LogP contribution >= 0.6 is 47.9 Å². The number of halogens is 2. The van der Waals surface area contributed by atoms with E-state index < -0.39 is 0 Å². The number of aryl methyl sites for hydroxylation is 1. The minimum absolute atomic E-state index is 0. The van der Waals surface area contributed by atoms with Gasteiger partial charge in [0, 0.05) is 22.7 Å². The normalized spacial score (nSPS) is 17.7. The molecule has 0 radical (unpaired) electrons. The lowest BCUT2D eigenvalue weighted by atomic mass is 10.3. The van der Waals surface area contributed by atoms with Crippen molar-refractivity contribution in [1.82, 2.24) is 15.6 Å². The third-order valence-electron chi connectivity index (χ3n) is 2.40. The Labute approximate surface area is 128 Å². The Kier molecular flexibility index (Phi) is 8.98. The lowest BCUT2D eigenvalue weighted by Crippen LogP contribution is -2.41. The second-order valence-electron chi connectivity index (χ2n) is 3.56. The van der Waals surface area contributed by atoms with Crippen molar-refractivity contribution in [2.45, 2.75) is 25.9 Å². The van der Waals surface area contributed by atoms with Gasteiger partial charge in [0.1, 0.15) is 5.01 Å². The summed E-state index contributed by atoms with van der Waals surface area (Å²) < 4.78 is 0. The fourth-order valence-corrected chi connectivity index (χ4v) is 3.19. The molecule has 1 saturated heterocycles. The van der Waals surface area contributed by atoms with Gasteiger partial charge >= 0.3 is 0 Å². The first-order chi connectivity index (χ1) is 7.79. The van der Waals surface area contributed by atoms with Crippen LogP contribution in [0.3, 0.4) is 0 Å². The molecular weight excluding hydrogens is 313 g/mol. The third kappa shape index (κ3) is 4.93. The molecule has 0 bridgehead atoms. The van der Waals surface area contributed by atoms with Crippen LogP contribution in [0.1, 0.15) is 16.8 Å². The van der Waals surface area contributed by atoms with Crippen molar-refractivity contribution in [3.63, 3.8) is 0 Å². The van der Waals surface area contributed by atoms with E-state index in [0.717, 1.165) is 23.1 Å². The molecule has 1 aromatic rings. The topological polar surface area (TPSA) is 54.0 Å². The van der Waals surface area contributed by atoms with Crippen molar-refractivity contribution in [2.75, 3.05) is 11.6 Å². The number of carbonyl (C=O) groups is 1. The zero-order valence-electron chi connectivity index (χ0n) is 9.97. The lowest BCUT2D eigenvalue weighted by molar-refractivity contribution is -0.122. The maximum Gasteiger partial charge on any atom is 0.238 e. The number of thioether (sulfide) groups is 1. The first-order valence-electron chi connectivity index (χ1n) is 5.32. The van der Waals surface area contributed by atoms with Gasteiger partial charge in [0.15, 0.2) is 0 Å². The Morgan fingerprint density at radius 3 is 2.94 bits per heavy atom. The molecule has 0 saturated carbocycles. The minimum atomic E-state index is -0.0318. The van der Waals surface area contributed by atoms with Gasteiger partial charge in [-0.15, -0.1) is 47.9 Å². The highest BCUT2D eigenvalue weighted by Gasteiger charge is 2.22. The van der Waals surface area contributed by atoms with E-state index in [1.54, 1.807) is 23.1 Å². The van der Waals surface area contributed by atoms with Crippen molar-refractivity contribution in [2.24, 2.45) is 0 Å². The maximum absolute atomic E-state index is 11.7. The zero-order valence-corrected chi connectivity index (χ0v) is 13.2. The number of hydrogen-bond donors (Lipinski definition) is 2. The highest BCUT2D eigenvalue weighted by molar-refractivity contribution is 7.99. The molecule has 0 spiro atoms. The summed E-state index contributed by atoms with van der Waals surface area (Å²) in [5.41, 5.74) is 0. The average Bonchev–Trinajstić information content (AvgIpc) is 2.96. The fraction of sp³-hybridized carbons (Fsp3) is 0.600. The molecule has 2 N–H and O–H groups in total. The van der Waals surface area contributed by atoms with Crippen LogP contribution in [0.2, 0.25) is 0 Å². The van der Waals surface area contributed by atoms with Gasteiger partial charge in [-0.05, 0) is 6.42 Å². The largest absolute Gasteiger partial charge is 0.348 e. The first kappa shape index (κ1) is 18.0. The number of nitrogens with one attached hydrogen (secondary N) is 2. The number of rotatable bonds is 4. The van der Waals surface area contributed by atoms with Crippen molar-refractivity contribution in [3.8, 4) is 0 Å². The third-order valence-corrected chi connectivity index (χ3v) is 4.48. The monoisotopic (exact) mass is 329 g/mol. The van der Waals surface area contributed by atoms with E-state index in [-0.39, 0.29) is 36.8 Å². The summed E-state index contributed by atoms with van der Waals surface area (Å²) in [6.07, 6.45) is 2.89. The number of amides is 1. The Morgan fingerprint density at radius 2 is 2.39 bits per heavy atom. The predicted octanol–water partition coefficient (Wildman–Crippen LogP) is 1.83. The van der Waals surface area contributed by atoms with Gasteiger partial charge < -0.3 is 5.32 Å². The summed E-state index contributed by atoms with van der Waals surface area (Å²) in [4.78, 5) is 17.2. The molecule has 1 unspecified atom stereocenters. The molecule has 1 aliphatic rings. The average molecular weight is 330 g/mol. The van der Waals surface area contributed by atoms with E-state index >= 15 is 0 Å². The molecule has 18 heavy (non-hydrogen) atoms. The molecule has 1 fully saturated rings. The molecule has 0 aliphatic carbocycles. The van der Waals surface area contributed by atoms with E-state index in [1.165, 1.54) is 4.88 Å². The van der Waals surface area contributed by atoms with Crippen LogP contribution in [0.4, 0.5) is 0 Å². The van der Waals surface area contributed by atoms with E-state index in [0.29, 0.717) is 6.54 Å². The number of hydrogen-bond acceptors (Lipinski definition) is 5. The Hall–Kier alpha value is -0.0100. The molecule has 1 aromatic heterocycles. The van der Waals surface area contributed by atoms with Crippen LogP contribution < -0.4 is 10.6 Å². The number of thiazole rings is 1. The molecule has 1 aliphatic heterocycles. The van der Waals surface area contributed by atoms with Crippen LogP contribution in [0.5, 0.6) is 0 Å². The van der Waals surface area contributed by atoms with Crippen molar-refractivity contribution in [1.29, 1.82) is 0 Å². The van der Waals surface area contributed by atoms with Crippen molar-refractivity contribution in [3.05, 3.63) is 16.1 Å². The lowest BCUT2D eigenvalue weighted by Gasteiger charge is -2.08. The first-order valence-corrected chi connectivity index (χ1v) is 7.29. The summed E-state index contributed by atoms with van der Waals surface area (Å²) in [5.74, 6) is 1.82. The van der Waals surface area contributed by atoms with Gasteiger partial charge in [0.2, 0.25) is 5.91 Å². The Bertz CT molecular complexity index is 370. The molecule has 8 heteroatoms. The van der Waals surface area contributed by atoms with Gasteiger partial charge in [0.25, 0.3) is 0 Å². The zero-order chi connectivity index (χ0) is 11.4. The quantitative estimate of drug-likeness (QED) is 0.884. The molecule has 0 aromatic carbocycles. The van der Waals surface area contributed by atoms with Crippen LogP contribution in [0, 0.1) is 0 Å². The molecular formula is C10H17Cl2N3OS2. The molecule has 2 heterocycles. The minimum Gasteiger partial charge on any atom is -0.348 e. The van der Waals surface area contributed by atoms with Gasteiger partial charge in [-0.2, -0.15) is 0 Å². The second kappa shape index (κ2) is 8.98. The second-order valence-corrected chi connectivity index (χ2v) is 5.79. The van der Waals surface area contributed by atoms with E-state index in [1.807, 2.05) is 6.20 Å². The molecule has 4 nitrogen and oxygen atoms in total. The van der Waals surface area contributed by atoms with Crippen molar-refractivity contribution >= 4 is 53.8 Å². The van der Waals surface area contributed by atoms with Crippen LogP contribution in [-0.4, -0.2) is 28.6 Å². The number of carbonyl (C=O) groups excluding carboxylic acids is 1. The van der Waals surface area contributed by atoms with Gasteiger partial charge in [-0.3, -0.25) is 10.1 Å². The summed E-state index contributed by atoms with van der Waals surface area (Å²) >= 11 is 3.42. The van der Waals surface area contributed by atoms with Crippen LogP contribution in [-0.2, 0) is 17.8 Å². The maximum atomic E-state index is 11.7. The number of nitrogens with zero attached hydrogens (tertiary/aromatic N) is 1. The fourth-order valence-electron chi connectivity index (χ4n) is 1.44. The summed E-state index contributed by atoms with van der Waals surface area (Å²) in [7, 11) is 0. The predicted molar refractivity (Wildman–Crippen MR) is 82.1 cm³/mol. The summed E-state index contributed by atoms with van der Waals surface area (Å²) in [6, 6.07) is -0.0318. The SMILES string of the molecule is CCc1cnc(CNC(=O)C2CSCN2)s1.Cl.Cl. The summed E-state index contributed by atoms with van der Waals surface area (Å²) in [6.45, 7) is 2.65. The van der Waals surface area contributed by atoms with Gasteiger partial charge in [0.05, 0.1) is 12.6 Å². The molecule has 104 valence electrons. The van der Waals surface area contributed by atoms with E-state index in [2.05, 4.69) is 22.5 Å². The van der Waals surface area contributed by atoms with E-state index in [9.17, 15) is 4.79 Å². The molecule has 1 atom stereocenters. The molecule has 1 amide bonds. The number of aromatic nitrogens is 1. The molecule has 2 rings (SSSR count). The highest BCUT2D eigenvalue weighted by Crippen LogP contribution is 2.13. The summed E-state index contributed by atoms with van der Waals surface area (Å²) in [5, 5.41) is 7.04. The van der Waals surface area contributed by atoms with Crippen molar-refractivity contribution < 1.29 is 4.79 Å². The van der Waals surface area contributed by atoms with Gasteiger partial charge in [-0.25, -0.2) is 4.98 Å². The Morgan fingerprint density at radius 1 is 1.61 bits per heavy atom. The smallest absolute Gasteiger partial charge is 0.238 e. The Balaban J connectivity index is 0.00000144.